The van der Waals surface area contributed by atoms with Gasteiger partial charge in [0.25, 0.3) is 10.2 Å². The molecule has 19 heteroatoms. The SMILES string of the molecule is CCN(CC)CC.CCN(CC)CC.O.O=[N+]([O-])O.O=[N+]([O-])O.[Ag].[Ag].c1ccc(P(CN(CP(c2ccccc2)c2ccccc2)c2ccc(N(CP(c3ccccc3)c3ccccc3)CP(c3ccccc3)c3ccccc3)cc2)c2ccccc2)cc1. The van der Waals surface area contributed by atoms with Gasteiger partial charge in [0.2, 0.25) is 0 Å². The van der Waals surface area contributed by atoms with Crippen molar-refractivity contribution in [1.29, 1.82) is 0 Å². The normalized spacial score (nSPS) is 10.3. The van der Waals surface area contributed by atoms with Crippen LogP contribution in [0.2, 0.25) is 0 Å². The predicted molar refractivity (Wildman–Crippen MR) is 375 cm³/mol. The maximum Gasteiger partial charge on any atom is 0.291 e. The fourth-order valence-electron chi connectivity index (χ4n) is 9.43. The molecule has 0 saturated heterocycles. The summed E-state index contributed by atoms with van der Waals surface area (Å²) in [6.45, 7) is 20.2. The number of hydrogen-bond acceptors (Lipinski definition) is 8. The Kier molecular flexibility index (Phi) is 41.1. The van der Waals surface area contributed by atoms with Gasteiger partial charge in [-0.2, -0.15) is 0 Å². The van der Waals surface area contributed by atoms with Crippen molar-refractivity contribution in [3.63, 3.8) is 0 Å². The Morgan fingerprint density at radius 2 is 0.416 bits per heavy atom. The van der Waals surface area contributed by atoms with Crippen molar-refractivity contribution in [2.24, 2.45) is 0 Å². The summed E-state index contributed by atoms with van der Waals surface area (Å²) in [5.74, 6) is 0. The average molecular weight is 1460 g/mol. The predicted octanol–water partition coefficient (Wildman–Crippen LogP) is 12.8. The van der Waals surface area contributed by atoms with E-state index in [1.165, 1.54) is 93.1 Å². The first-order chi connectivity index (χ1) is 41.9. The van der Waals surface area contributed by atoms with Gasteiger partial charge in [0, 0.05) is 81.3 Å². The molecule has 4 N–H and O–H groups in total. The molecule has 13 nitrogen and oxygen atoms in total. The van der Waals surface area contributed by atoms with E-state index in [-0.39, 0.29) is 50.2 Å². The third kappa shape index (κ3) is 28.4. The molecular formula is C70H86Ag2N6O7P4. The summed E-state index contributed by atoms with van der Waals surface area (Å²) in [4.78, 5) is 26.9. The van der Waals surface area contributed by atoms with Gasteiger partial charge in [0.15, 0.2) is 0 Å². The summed E-state index contributed by atoms with van der Waals surface area (Å²) in [5.41, 5.74) is 2.51. The Balaban J connectivity index is 0.000000929. The van der Waals surface area contributed by atoms with Gasteiger partial charge in [-0.15, -0.1) is 20.2 Å². The molecule has 0 atom stereocenters. The van der Waals surface area contributed by atoms with E-state index in [4.69, 9.17) is 30.6 Å². The van der Waals surface area contributed by atoms with Crippen molar-refractivity contribution in [2.45, 2.75) is 41.5 Å². The molecule has 0 aliphatic carbocycles. The second kappa shape index (κ2) is 46.2. The zero-order valence-electron chi connectivity index (χ0n) is 51.6. The van der Waals surface area contributed by atoms with Gasteiger partial charge in [0.1, 0.15) is 0 Å². The summed E-state index contributed by atoms with van der Waals surface area (Å²) in [7, 11) is -2.79. The molecule has 9 aromatic carbocycles. The Morgan fingerprint density at radius 3 is 0.517 bits per heavy atom. The van der Waals surface area contributed by atoms with Crippen molar-refractivity contribution in [2.75, 3.05) is 74.2 Å². The van der Waals surface area contributed by atoms with Gasteiger partial charge in [-0.1, -0.05) is 284 Å². The molecule has 480 valence electrons. The van der Waals surface area contributed by atoms with Crippen molar-refractivity contribution in [3.8, 4) is 0 Å². The van der Waals surface area contributed by atoms with E-state index in [1.54, 1.807) is 0 Å². The molecule has 0 aliphatic heterocycles. The van der Waals surface area contributed by atoms with Crippen LogP contribution in [0, 0.1) is 20.2 Å². The molecule has 0 aliphatic rings. The second-order valence-electron chi connectivity index (χ2n) is 19.3. The molecule has 0 unspecified atom stereocenters. The van der Waals surface area contributed by atoms with E-state index in [1.807, 2.05) is 0 Å². The minimum Gasteiger partial charge on any atom is -0.412 e. The Bertz CT molecular complexity index is 2640. The Morgan fingerprint density at radius 1 is 0.292 bits per heavy atom. The number of anilines is 2. The van der Waals surface area contributed by atoms with Gasteiger partial charge < -0.3 is 35.5 Å². The zero-order valence-corrected chi connectivity index (χ0v) is 58.1. The molecule has 0 spiro atoms. The molecule has 0 aromatic heterocycles. The van der Waals surface area contributed by atoms with Gasteiger partial charge in [0.05, 0.1) is 0 Å². The van der Waals surface area contributed by atoms with Crippen molar-refractivity contribution in [1.82, 2.24) is 9.80 Å². The Hall–Kier alpha value is -5.94. The smallest absolute Gasteiger partial charge is 0.291 e. The second-order valence-corrected chi connectivity index (χ2v) is 28.0. The molecular weight excluding hydrogens is 1380 g/mol. The van der Waals surface area contributed by atoms with Gasteiger partial charge in [-0.3, -0.25) is 0 Å². The van der Waals surface area contributed by atoms with Gasteiger partial charge >= 0.3 is 0 Å². The maximum atomic E-state index is 8.36. The first kappa shape index (κ1) is 79.2. The van der Waals surface area contributed by atoms with Crippen molar-refractivity contribution in [3.05, 3.63) is 287 Å². The van der Waals surface area contributed by atoms with Crippen molar-refractivity contribution < 1.29 is 70.8 Å². The number of nitrogens with zero attached hydrogens (tertiary/aromatic N) is 6. The van der Waals surface area contributed by atoms with Crippen LogP contribution in [0.25, 0.3) is 0 Å². The average Bonchev–Trinajstić information content (AvgIpc) is 2.76. The quantitative estimate of drug-likeness (QED) is 0.0257. The van der Waals surface area contributed by atoms with Crippen LogP contribution in [0.5, 0.6) is 0 Å². The van der Waals surface area contributed by atoms with Crippen LogP contribution in [0.1, 0.15) is 41.5 Å². The molecule has 0 heterocycles. The standard InChI is InChI=1S/C58H52N2P4.2C6H15N.2Ag.2HNO3.H2O/c1-9-25-51(26-10-1)61(52-27-11-2-12-28-52)45-59(46-62(53-29-13-3-14-30-53)54-31-15-4-16-32-54)49-41-43-50(44-42-49)60(47-63(55-33-17-5-18-34-55)56-35-19-6-20-36-56)48-64(57-37-21-7-22-38-57)58-39-23-8-24-40-58;2*1-4-7(5-2)6-3;;;2*2-1(3)4;/h1-44H,45-48H2;2*4-6H2,1-3H3;;;2*(H,2,3,4);1H2. The van der Waals surface area contributed by atoms with Crippen LogP contribution in [0.15, 0.2) is 267 Å². The molecule has 9 aromatic rings. The number of hydrogen-bond donors (Lipinski definition) is 2. The van der Waals surface area contributed by atoms with Crippen LogP contribution in [0.3, 0.4) is 0 Å². The van der Waals surface area contributed by atoms with Crippen LogP contribution in [-0.2, 0) is 44.8 Å². The third-order valence-corrected chi connectivity index (χ3v) is 23.9. The van der Waals surface area contributed by atoms with Crippen LogP contribution in [0.4, 0.5) is 11.4 Å². The van der Waals surface area contributed by atoms with E-state index in [2.05, 4.69) is 328 Å². The van der Waals surface area contributed by atoms with E-state index >= 15 is 0 Å². The molecule has 9 rings (SSSR count). The van der Waals surface area contributed by atoms with Crippen LogP contribution >= 0.6 is 31.7 Å². The summed E-state index contributed by atoms with van der Waals surface area (Å²) >= 11 is 0. The minimum absolute atomic E-state index is 0. The molecule has 89 heavy (non-hydrogen) atoms. The zero-order chi connectivity index (χ0) is 61.7. The van der Waals surface area contributed by atoms with E-state index in [0.29, 0.717) is 0 Å². The van der Waals surface area contributed by atoms with Crippen molar-refractivity contribution >= 4 is 85.5 Å². The summed E-state index contributed by atoms with van der Waals surface area (Å²) in [6.07, 6.45) is 3.63. The molecule has 0 bridgehead atoms. The van der Waals surface area contributed by atoms with Crippen LogP contribution < -0.4 is 52.2 Å². The number of benzene rings is 9. The van der Waals surface area contributed by atoms with E-state index < -0.39 is 41.9 Å². The molecule has 0 fully saturated rings. The molecule has 2 radical (unpaired) electrons. The fraction of sp³-hybridized carbons (Fsp3) is 0.229. The summed E-state index contributed by atoms with van der Waals surface area (Å²) < 4.78 is 0. The third-order valence-electron chi connectivity index (χ3n) is 14.1. The van der Waals surface area contributed by atoms with E-state index in [0.717, 1.165) is 25.1 Å². The largest absolute Gasteiger partial charge is 0.412 e. The number of rotatable bonds is 24. The fourth-order valence-corrected chi connectivity index (χ4v) is 18.9. The van der Waals surface area contributed by atoms with E-state index in [9.17, 15) is 0 Å². The molecule has 0 saturated carbocycles. The summed E-state index contributed by atoms with van der Waals surface area (Å²) in [6, 6.07) is 99.1. The first-order valence-electron chi connectivity index (χ1n) is 29.1. The summed E-state index contributed by atoms with van der Waals surface area (Å²) in [5, 5.41) is 38.4. The first-order valence-corrected chi connectivity index (χ1v) is 35.3. The monoisotopic (exact) mass is 1460 g/mol. The molecule has 0 amide bonds. The topological polar surface area (TPSA) is 171 Å². The maximum absolute atomic E-state index is 8.36. The minimum atomic E-state index is -1.50. The van der Waals surface area contributed by atoms with Gasteiger partial charge in [-0.05, 0) is 138 Å². The Labute approximate surface area is 564 Å². The van der Waals surface area contributed by atoms with Crippen LogP contribution in [-0.4, -0.2) is 100 Å². The van der Waals surface area contributed by atoms with Gasteiger partial charge in [-0.25, -0.2) is 0 Å².